The molecule has 4 aliphatic carbocycles. The van der Waals surface area contributed by atoms with Crippen LogP contribution in [0.4, 0.5) is 0 Å². The molecule has 4 aliphatic rings. The van der Waals surface area contributed by atoms with Crippen molar-refractivity contribution in [2.24, 2.45) is 34.5 Å². The van der Waals surface area contributed by atoms with Gasteiger partial charge in [0, 0.05) is 0 Å². The smallest absolute Gasteiger partial charge is 0.0597 e. The van der Waals surface area contributed by atoms with Crippen LogP contribution in [0.15, 0.2) is 0 Å². The van der Waals surface area contributed by atoms with E-state index < -0.39 is 0 Å². The van der Waals surface area contributed by atoms with Crippen LogP contribution in [-0.4, -0.2) is 22.4 Å². The zero-order valence-electron chi connectivity index (χ0n) is 13.7. The van der Waals surface area contributed by atoms with Gasteiger partial charge >= 0.3 is 0 Å². The van der Waals surface area contributed by atoms with Gasteiger partial charge in [0.1, 0.15) is 0 Å². The predicted molar refractivity (Wildman–Crippen MR) is 83.7 cm³/mol. The number of hydrogen-bond acceptors (Lipinski definition) is 2. The van der Waals surface area contributed by atoms with E-state index in [1.54, 1.807) is 0 Å². The Kier molecular flexibility index (Phi) is 3.25. The Hall–Kier alpha value is -0.0800. The van der Waals surface area contributed by atoms with Gasteiger partial charge in [0.2, 0.25) is 0 Å². The third-order valence-corrected chi connectivity index (χ3v) is 8.46. The highest BCUT2D eigenvalue weighted by atomic mass is 16.3. The number of fused-ring (bicyclic) bond motifs is 5. The molecule has 0 aromatic heterocycles. The van der Waals surface area contributed by atoms with Crippen molar-refractivity contribution in [2.45, 2.75) is 83.8 Å². The van der Waals surface area contributed by atoms with Crippen LogP contribution in [0, 0.1) is 34.5 Å². The van der Waals surface area contributed by atoms with Gasteiger partial charge in [-0.25, -0.2) is 0 Å². The van der Waals surface area contributed by atoms with Crippen molar-refractivity contribution in [3.8, 4) is 0 Å². The Labute approximate surface area is 129 Å². The molecule has 0 aliphatic heterocycles. The fraction of sp³-hybridized carbons (Fsp3) is 1.00. The number of aliphatic hydroxyl groups is 2. The number of hydrogen-bond donors (Lipinski definition) is 2. The van der Waals surface area contributed by atoms with Crippen molar-refractivity contribution in [2.75, 3.05) is 0 Å². The van der Waals surface area contributed by atoms with E-state index in [1.165, 1.54) is 44.9 Å². The van der Waals surface area contributed by atoms with Gasteiger partial charge < -0.3 is 10.2 Å². The molecule has 2 N–H and O–H groups in total. The molecule has 0 radical (unpaired) electrons. The fourth-order valence-corrected chi connectivity index (χ4v) is 7.39. The second-order valence-corrected chi connectivity index (χ2v) is 9.19. The van der Waals surface area contributed by atoms with Gasteiger partial charge in [-0.05, 0) is 79.4 Å². The molecule has 4 fully saturated rings. The summed E-state index contributed by atoms with van der Waals surface area (Å²) in [5.41, 5.74) is 0.355. The molecular formula is C19H32O2. The minimum Gasteiger partial charge on any atom is -0.393 e. The van der Waals surface area contributed by atoms with E-state index in [-0.39, 0.29) is 17.6 Å². The van der Waals surface area contributed by atoms with E-state index in [9.17, 15) is 10.2 Å². The maximum Gasteiger partial charge on any atom is 0.0597 e. The standard InChI is InChI=1S/C19H32O2/c1-18-10-4-3-5-12(18)6-7-13-14-8-9-16(21)19(14,2)11-15(20)17(13)18/h12-17,20-21H,3-11H2,1-2H3/t12?,13-,14-,15-,16-,17+,18-,19-/m0/s1. The van der Waals surface area contributed by atoms with E-state index >= 15 is 0 Å². The molecule has 1 unspecified atom stereocenters. The highest BCUT2D eigenvalue weighted by Crippen LogP contribution is 2.66. The van der Waals surface area contributed by atoms with E-state index in [4.69, 9.17) is 0 Å². The lowest BCUT2D eigenvalue weighted by Gasteiger charge is -2.61. The first kappa shape index (κ1) is 14.5. The van der Waals surface area contributed by atoms with E-state index in [0.29, 0.717) is 23.2 Å². The lowest BCUT2D eigenvalue weighted by molar-refractivity contribution is -0.175. The SMILES string of the molecule is C[C@]12C[C@H](O)[C@H]3[C@@H](CCC4CCCC[C@@]43C)[C@@H]1CC[C@@H]2O. The topological polar surface area (TPSA) is 40.5 Å². The Morgan fingerprint density at radius 2 is 1.67 bits per heavy atom. The Morgan fingerprint density at radius 3 is 2.48 bits per heavy atom. The first-order chi connectivity index (χ1) is 9.97. The summed E-state index contributed by atoms with van der Waals surface area (Å²) in [7, 11) is 0. The van der Waals surface area contributed by atoms with Gasteiger partial charge in [-0.15, -0.1) is 0 Å². The average Bonchev–Trinajstić information content (AvgIpc) is 2.73. The maximum absolute atomic E-state index is 11.0. The molecule has 2 nitrogen and oxygen atoms in total. The van der Waals surface area contributed by atoms with E-state index in [2.05, 4.69) is 13.8 Å². The van der Waals surface area contributed by atoms with Gasteiger partial charge in [0.15, 0.2) is 0 Å². The van der Waals surface area contributed by atoms with Crippen molar-refractivity contribution >= 4 is 0 Å². The predicted octanol–water partition coefficient (Wildman–Crippen LogP) is 3.75. The van der Waals surface area contributed by atoms with E-state index in [0.717, 1.165) is 18.8 Å². The van der Waals surface area contributed by atoms with Gasteiger partial charge in [0.25, 0.3) is 0 Å². The van der Waals surface area contributed by atoms with E-state index in [1.807, 2.05) is 0 Å². The van der Waals surface area contributed by atoms with Crippen LogP contribution < -0.4 is 0 Å². The zero-order valence-corrected chi connectivity index (χ0v) is 13.7. The third kappa shape index (κ3) is 1.84. The number of rotatable bonds is 0. The van der Waals surface area contributed by atoms with Gasteiger partial charge in [-0.3, -0.25) is 0 Å². The summed E-state index contributed by atoms with van der Waals surface area (Å²) in [6, 6.07) is 0. The molecule has 120 valence electrons. The summed E-state index contributed by atoms with van der Waals surface area (Å²) in [5, 5.41) is 21.5. The number of aliphatic hydroxyl groups excluding tert-OH is 2. The lowest BCUT2D eigenvalue weighted by Crippen LogP contribution is -2.58. The molecule has 0 saturated heterocycles. The third-order valence-electron chi connectivity index (χ3n) is 8.46. The largest absolute Gasteiger partial charge is 0.393 e. The first-order valence-electron chi connectivity index (χ1n) is 9.33. The molecule has 4 saturated carbocycles. The molecule has 0 bridgehead atoms. The Balaban J connectivity index is 1.70. The van der Waals surface area contributed by atoms with Crippen LogP contribution in [0.3, 0.4) is 0 Å². The monoisotopic (exact) mass is 292 g/mol. The Bertz CT molecular complexity index is 422. The lowest BCUT2D eigenvalue weighted by atomic mass is 9.44. The van der Waals surface area contributed by atoms with Gasteiger partial charge in [-0.2, -0.15) is 0 Å². The summed E-state index contributed by atoms with van der Waals surface area (Å²) >= 11 is 0. The highest BCUT2D eigenvalue weighted by Gasteiger charge is 2.62. The molecule has 8 atom stereocenters. The molecule has 0 aromatic rings. The summed E-state index contributed by atoms with van der Waals surface area (Å²) in [4.78, 5) is 0. The molecular weight excluding hydrogens is 260 g/mol. The molecule has 2 heteroatoms. The van der Waals surface area contributed by atoms with Crippen molar-refractivity contribution in [1.82, 2.24) is 0 Å². The first-order valence-corrected chi connectivity index (χ1v) is 9.33. The molecule has 0 heterocycles. The highest BCUT2D eigenvalue weighted by molar-refractivity contribution is 5.11. The van der Waals surface area contributed by atoms with Gasteiger partial charge in [0.05, 0.1) is 12.2 Å². The van der Waals surface area contributed by atoms with Crippen LogP contribution in [0.2, 0.25) is 0 Å². The molecule has 0 aromatic carbocycles. The minimum absolute atomic E-state index is 0.0154. The fourth-order valence-electron chi connectivity index (χ4n) is 7.39. The molecule has 21 heavy (non-hydrogen) atoms. The summed E-state index contributed by atoms with van der Waals surface area (Å²) in [6.45, 7) is 4.75. The molecule has 4 rings (SSSR count). The molecule has 0 amide bonds. The molecule has 0 spiro atoms. The van der Waals surface area contributed by atoms with Crippen LogP contribution in [0.5, 0.6) is 0 Å². The van der Waals surface area contributed by atoms with Crippen molar-refractivity contribution < 1.29 is 10.2 Å². The quantitative estimate of drug-likeness (QED) is 0.714. The second-order valence-electron chi connectivity index (χ2n) is 9.19. The van der Waals surface area contributed by atoms with Crippen LogP contribution in [-0.2, 0) is 0 Å². The van der Waals surface area contributed by atoms with Crippen LogP contribution >= 0.6 is 0 Å². The zero-order chi connectivity index (χ0) is 14.8. The summed E-state index contributed by atoms with van der Waals surface area (Å²) < 4.78 is 0. The maximum atomic E-state index is 11.0. The average molecular weight is 292 g/mol. The minimum atomic E-state index is -0.185. The van der Waals surface area contributed by atoms with Crippen molar-refractivity contribution in [3.63, 3.8) is 0 Å². The van der Waals surface area contributed by atoms with Crippen LogP contribution in [0.25, 0.3) is 0 Å². The second kappa shape index (κ2) is 4.71. The van der Waals surface area contributed by atoms with Crippen molar-refractivity contribution in [3.05, 3.63) is 0 Å². The summed E-state index contributed by atoms with van der Waals surface area (Å²) in [6.07, 6.45) is 10.7. The Morgan fingerprint density at radius 1 is 0.857 bits per heavy atom. The van der Waals surface area contributed by atoms with Crippen molar-refractivity contribution in [1.29, 1.82) is 0 Å². The normalized spacial score (nSPS) is 60.0. The summed E-state index contributed by atoms with van der Waals surface area (Å²) in [5.74, 6) is 2.66. The van der Waals surface area contributed by atoms with Gasteiger partial charge in [-0.1, -0.05) is 26.7 Å². The van der Waals surface area contributed by atoms with Crippen LogP contribution in [0.1, 0.15) is 71.6 Å².